The van der Waals surface area contributed by atoms with Gasteiger partial charge in [0.15, 0.2) is 0 Å². The van der Waals surface area contributed by atoms with Gasteiger partial charge in [0.25, 0.3) is 5.91 Å². The van der Waals surface area contributed by atoms with E-state index < -0.39 is 11.6 Å². The molecule has 3 atom stereocenters. The first kappa shape index (κ1) is 19.7. The lowest BCUT2D eigenvalue weighted by molar-refractivity contribution is -0.147. The molecule has 8 nitrogen and oxygen atoms in total. The summed E-state index contributed by atoms with van der Waals surface area (Å²) in [4.78, 5) is 41.6. The van der Waals surface area contributed by atoms with E-state index in [0.29, 0.717) is 19.5 Å². The number of nitrogens with zero attached hydrogens (tertiary/aromatic N) is 2. The van der Waals surface area contributed by atoms with Crippen molar-refractivity contribution in [3.05, 3.63) is 29.3 Å². The van der Waals surface area contributed by atoms with Crippen molar-refractivity contribution >= 4 is 17.8 Å². The minimum absolute atomic E-state index is 0.0719. The van der Waals surface area contributed by atoms with Gasteiger partial charge in [-0.05, 0) is 56.4 Å². The number of ether oxygens (including phenoxy) is 2. The van der Waals surface area contributed by atoms with E-state index in [0.717, 1.165) is 34.6 Å². The number of rotatable bonds is 3. The van der Waals surface area contributed by atoms with Crippen molar-refractivity contribution < 1.29 is 23.9 Å². The second-order valence-corrected chi connectivity index (χ2v) is 8.16. The van der Waals surface area contributed by atoms with Gasteiger partial charge in [0.2, 0.25) is 5.91 Å². The Morgan fingerprint density at radius 1 is 1.28 bits per heavy atom. The smallest absolute Gasteiger partial charge is 0.325 e. The first-order chi connectivity index (χ1) is 13.8. The van der Waals surface area contributed by atoms with Gasteiger partial charge < -0.3 is 19.7 Å². The van der Waals surface area contributed by atoms with Crippen LogP contribution in [0.3, 0.4) is 0 Å². The molecule has 2 fully saturated rings. The van der Waals surface area contributed by atoms with E-state index in [-0.39, 0.29) is 30.6 Å². The number of hydrogen-bond donors (Lipinski definition) is 1. The van der Waals surface area contributed by atoms with Crippen LogP contribution in [0.1, 0.15) is 37.8 Å². The van der Waals surface area contributed by atoms with Crippen LogP contribution in [0.2, 0.25) is 0 Å². The van der Waals surface area contributed by atoms with Crippen LogP contribution < -0.4 is 10.1 Å². The zero-order valence-corrected chi connectivity index (χ0v) is 17.1. The maximum Gasteiger partial charge on any atom is 0.325 e. The molecule has 2 heterocycles. The van der Waals surface area contributed by atoms with Gasteiger partial charge in [0.05, 0.1) is 19.3 Å². The number of carbonyl (C=O) groups is 3. The standard InChI is InChI=1S/C21H27N3O5/c1-13-10-23(11-14(2)29-13)18(25)12-24-19(26)21(22-20(24)27)8-4-5-15-9-16(28-3)6-7-17(15)21/h6-7,9,13-14H,4-5,8,10-12H2,1-3H3,(H,22,27)/t13-,14-,21-/m1/s1. The molecule has 0 aromatic heterocycles. The number of benzene rings is 1. The lowest BCUT2D eigenvalue weighted by atomic mass is 9.76. The highest BCUT2D eigenvalue weighted by Crippen LogP contribution is 2.41. The molecule has 0 radical (unpaired) electrons. The molecule has 1 aromatic carbocycles. The van der Waals surface area contributed by atoms with E-state index in [2.05, 4.69) is 5.32 Å². The Labute approximate surface area is 170 Å². The summed E-state index contributed by atoms with van der Waals surface area (Å²) in [5, 5.41) is 2.89. The number of methoxy groups -OCH3 is 1. The van der Waals surface area contributed by atoms with Crippen LogP contribution in [-0.4, -0.2) is 66.6 Å². The third-order valence-corrected chi connectivity index (χ3v) is 6.01. The third kappa shape index (κ3) is 3.35. The van der Waals surface area contributed by atoms with Crippen molar-refractivity contribution in [2.24, 2.45) is 0 Å². The molecular weight excluding hydrogens is 374 g/mol. The second kappa shape index (κ2) is 7.33. The van der Waals surface area contributed by atoms with Crippen molar-refractivity contribution in [2.75, 3.05) is 26.7 Å². The van der Waals surface area contributed by atoms with Crippen LogP contribution in [0.25, 0.3) is 0 Å². The maximum absolute atomic E-state index is 13.4. The van der Waals surface area contributed by atoms with Crippen LogP contribution in [0.5, 0.6) is 5.75 Å². The van der Waals surface area contributed by atoms with Crippen LogP contribution >= 0.6 is 0 Å². The lowest BCUT2D eigenvalue weighted by Crippen LogP contribution is -2.52. The van der Waals surface area contributed by atoms with Crippen molar-refractivity contribution in [2.45, 2.75) is 50.9 Å². The van der Waals surface area contributed by atoms with Crippen molar-refractivity contribution in [1.29, 1.82) is 0 Å². The van der Waals surface area contributed by atoms with Crippen LogP contribution in [-0.2, 0) is 26.3 Å². The molecule has 29 heavy (non-hydrogen) atoms. The summed E-state index contributed by atoms with van der Waals surface area (Å²) in [7, 11) is 1.60. The van der Waals surface area contributed by atoms with E-state index in [1.54, 1.807) is 18.1 Å². The van der Waals surface area contributed by atoms with Gasteiger partial charge >= 0.3 is 6.03 Å². The summed E-state index contributed by atoms with van der Waals surface area (Å²) in [6, 6.07) is 5.05. The molecule has 0 saturated carbocycles. The van der Waals surface area contributed by atoms with Gasteiger partial charge in [0, 0.05) is 13.1 Å². The highest BCUT2D eigenvalue weighted by atomic mass is 16.5. The van der Waals surface area contributed by atoms with Gasteiger partial charge in [0.1, 0.15) is 17.8 Å². The number of morpholine rings is 1. The fourth-order valence-corrected chi connectivity index (χ4v) is 4.74. The monoisotopic (exact) mass is 401 g/mol. The van der Waals surface area contributed by atoms with E-state index in [1.165, 1.54) is 0 Å². The fraction of sp³-hybridized carbons (Fsp3) is 0.571. The third-order valence-electron chi connectivity index (χ3n) is 6.01. The number of fused-ring (bicyclic) bond motifs is 2. The minimum atomic E-state index is -1.09. The molecule has 2 aliphatic heterocycles. The molecule has 1 spiro atoms. The molecule has 1 aromatic rings. The highest BCUT2D eigenvalue weighted by Gasteiger charge is 2.54. The number of amides is 4. The normalized spacial score (nSPS) is 29.1. The molecule has 4 rings (SSSR count). The number of urea groups is 1. The molecule has 8 heteroatoms. The number of carbonyl (C=O) groups excluding carboxylic acids is 3. The van der Waals surface area contributed by atoms with E-state index in [4.69, 9.17) is 9.47 Å². The molecule has 0 bridgehead atoms. The zero-order valence-electron chi connectivity index (χ0n) is 17.1. The highest BCUT2D eigenvalue weighted by molar-refractivity contribution is 6.09. The average Bonchev–Trinajstić information content (AvgIpc) is 2.91. The number of nitrogens with one attached hydrogen (secondary N) is 1. The van der Waals surface area contributed by atoms with E-state index in [1.807, 2.05) is 26.0 Å². The van der Waals surface area contributed by atoms with Crippen LogP contribution in [0.4, 0.5) is 4.79 Å². The van der Waals surface area contributed by atoms with Gasteiger partial charge in [-0.3, -0.25) is 14.5 Å². The summed E-state index contributed by atoms with van der Waals surface area (Å²) in [6.45, 7) is 4.48. The van der Waals surface area contributed by atoms with E-state index in [9.17, 15) is 14.4 Å². The molecule has 0 unspecified atom stereocenters. The lowest BCUT2D eigenvalue weighted by Gasteiger charge is -2.36. The number of aryl methyl sites for hydroxylation is 1. The quantitative estimate of drug-likeness (QED) is 0.774. The maximum atomic E-state index is 13.4. The predicted octanol–water partition coefficient (Wildman–Crippen LogP) is 1.41. The van der Waals surface area contributed by atoms with Gasteiger partial charge in [-0.2, -0.15) is 0 Å². The topological polar surface area (TPSA) is 88.2 Å². The largest absolute Gasteiger partial charge is 0.497 e. The Bertz CT molecular complexity index is 847. The van der Waals surface area contributed by atoms with Gasteiger partial charge in [-0.25, -0.2) is 4.79 Å². The summed E-state index contributed by atoms with van der Waals surface area (Å²) in [5.74, 6) is 0.134. The molecule has 156 valence electrons. The van der Waals surface area contributed by atoms with Crippen LogP contribution in [0, 0.1) is 0 Å². The molecule has 1 aliphatic carbocycles. The Balaban J connectivity index is 1.56. The van der Waals surface area contributed by atoms with Crippen molar-refractivity contribution in [3.63, 3.8) is 0 Å². The Kier molecular flexibility index (Phi) is 4.98. The zero-order chi connectivity index (χ0) is 20.8. The van der Waals surface area contributed by atoms with Gasteiger partial charge in [-0.1, -0.05) is 6.07 Å². The van der Waals surface area contributed by atoms with Gasteiger partial charge in [-0.15, -0.1) is 0 Å². The Morgan fingerprint density at radius 3 is 2.69 bits per heavy atom. The predicted molar refractivity (Wildman–Crippen MR) is 104 cm³/mol. The Hall–Kier alpha value is -2.61. The number of imide groups is 1. The summed E-state index contributed by atoms with van der Waals surface area (Å²) in [5.41, 5.74) is 0.697. The molecule has 3 aliphatic rings. The molecule has 4 amide bonds. The molecule has 1 N–H and O–H groups in total. The first-order valence-corrected chi connectivity index (χ1v) is 10.1. The molecular formula is C21H27N3O5. The van der Waals surface area contributed by atoms with Crippen molar-refractivity contribution in [3.8, 4) is 5.75 Å². The second-order valence-electron chi connectivity index (χ2n) is 8.16. The SMILES string of the molecule is COc1ccc2c(c1)CCC[C@@]21NC(=O)N(CC(=O)N2C[C@@H](C)O[C@H](C)C2)C1=O. The van der Waals surface area contributed by atoms with Crippen molar-refractivity contribution in [1.82, 2.24) is 15.1 Å². The summed E-state index contributed by atoms with van der Waals surface area (Å²) >= 11 is 0. The first-order valence-electron chi connectivity index (χ1n) is 10.1. The Morgan fingerprint density at radius 2 is 2.00 bits per heavy atom. The average molecular weight is 401 g/mol. The fourth-order valence-electron chi connectivity index (χ4n) is 4.74. The number of hydrogen-bond acceptors (Lipinski definition) is 5. The minimum Gasteiger partial charge on any atom is -0.497 e. The van der Waals surface area contributed by atoms with Crippen LogP contribution in [0.15, 0.2) is 18.2 Å². The molecule has 2 saturated heterocycles. The summed E-state index contributed by atoms with van der Waals surface area (Å²) in [6.07, 6.45) is 1.97. The van der Waals surface area contributed by atoms with E-state index >= 15 is 0 Å². The summed E-state index contributed by atoms with van der Waals surface area (Å²) < 4.78 is 11.0.